The second-order valence-electron chi connectivity index (χ2n) is 5.14. The largest absolute Gasteiger partial charge is 0.481 e. The molecule has 0 radical (unpaired) electrons. The summed E-state index contributed by atoms with van der Waals surface area (Å²) in [5.74, 6) is -0.153. The second kappa shape index (κ2) is 6.83. The summed E-state index contributed by atoms with van der Waals surface area (Å²) in [6.45, 7) is 9.04. The van der Waals surface area contributed by atoms with Crippen LogP contribution < -0.4 is 0 Å². The van der Waals surface area contributed by atoms with E-state index in [9.17, 15) is 4.79 Å². The fourth-order valence-corrected chi connectivity index (χ4v) is 1.31. The van der Waals surface area contributed by atoms with Gasteiger partial charge in [0.1, 0.15) is 0 Å². The molecule has 0 aliphatic heterocycles. The third-order valence-corrected chi connectivity index (χ3v) is 2.23. The van der Waals surface area contributed by atoms with Crippen molar-refractivity contribution in [1.29, 1.82) is 0 Å². The fraction of sp³-hybridized carbons (Fsp3) is 0.917. The average molecular weight is 216 g/mol. The standard InChI is InChI=1S/C12H24O3/c1-10(6-5-7-11(13)14)8-9-15-12(2,3)4/h10H,5-9H2,1-4H3,(H,13,14). The maximum atomic E-state index is 10.3. The molecule has 0 heterocycles. The second-order valence-corrected chi connectivity index (χ2v) is 5.14. The van der Waals surface area contributed by atoms with Crippen molar-refractivity contribution in [3.8, 4) is 0 Å². The van der Waals surface area contributed by atoms with E-state index in [0.29, 0.717) is 5.92 Å². The number of carbonyl (C=O) groups is 1. The van der Waals surface area contributed by atoms with E-state index in [-0.39, 0.29) is 12.0 Å². The smallest absolute Gasteiger partial charge is 0.303 e. The molecule has 0 rings (SSSR count). The van der Waals surface area contributed by atoms with E-state index in [0.717, 1.165) is 25.9 Å². The summed E-state index contributed by atoms with van der Waals surface area (Å²) in [7, 11) is 0. The molecule has 15 heavy (non-hydrogen) atoms. The number of rotatable bonds is 7. The lowest BCUT2D eigenvalue weighted by atomic mass is 10.0. The van der Waals surface area contributed by atoms with Crippen LogP contribution >= 0.6 is 0 Å². The van der Waals surface area contributed by atoms with Crippen molar-refractivity contribution in [1.82, 2.24) is 0 Å². The zero-order valence-electron chi connectivity index (χ0n) is 10.4. The molecule has 0 saturated carbocycles. The Balaban J connectivity index is 3.41. The van der Waals surface area contributed by atoms with Crippen LogP contribution in [0.3, 0.4) is 0 Å². The van der Waals surface area contributed by atoms with Crippen LogP contribution in [0.2, 0.25) is 0 Å². The highest BCUT2D eigenvalue weighted by Crippen LogP contribution is 2.14. The molecule has 0 aromatic carbocycles. The number of ether oxygens (including phenoxy) is 1. The zero-order valence-corrected chi connectivity index (χ0v) is 10.4. The first kappa shape index (κ1) is 14.4. The monoisotopic (exact) mass is 216 g/mol. The Kier molecular flexibility index (Phi) is 6.57. The van der Waals surface area contributed by atoms with Gasteiger partial charge in [0.05, 0.1) is 5.60 Å². The van der Waals surface area contributed by atoms with Gasteiger partial charge in [-0.1, -0.05) is 13.3 Å². The summed E-state index contributed by atoms with van der Waals surface area (Å²) in [5, 5.41) is 8.48. The highest BCUT2D eigenvalue weighted by atomic mass is 16.5. The molecule has 0 bridgehead atoms. The van der Waals surface area contributed by atoms with E-state index in [1.165, 1.54) is 0 Å². The van der Waals surface area contributed by atoms with Crippen LogP contribution in [0.15, 0.2) is 0 Å². The van der Waals surface area contributed by atoms with E-state index in [4.69, 9.17) is 9.84 Å². The quantitative estimate of drug-likeness (QED) is 0.711. The van der Waals surface area contributed by atoms with Gasteiger partial charge in [0, 0.05) is 13.0 Å². The van der Waals surface area contributed by atoms with Crippen molar-refractivity contribution < 1.29 is 14.6 Å². The average Bonchev–Trinajstić information content (AvgIpc) is 2.00. The zero-order chi connectivity index (χ0) is 11.9. The van der Waals surface area contributed by atoms with Gasteiger partial charge < -0.3 is 9.84 Å². The molecule has 0 aliphatic rings. The molecule has 3 heteroatoms. The summed E-state index contributed by atoms with van der Waals surface area (Å²) < 4.78 is 5.61. The Bertz CT molecular complexity index is 182. The topological polar surface area (TPSA) is 46.5 Å². The highest BCUT2D eigenvalue weighted by Gasteiger charge is 2.11. The molecule has 0 aromatic rings. The van der Waals surface area contributed by atoms with Crippen LogP contribution in [0, 0.1) is 5.92 Å². The number of hydrogen-bond donors (Lipinski definition) is 1. The van der Waals surface area contributed by atoms with Crippen molar-refractivity contribution >= 4 is 5.97 Å². The SMILES string of the molecule is CC(CCCC(=O)O)CCOC(C)(C)C. The first-order valence-corrected chi connectivity index (χ1v) is 5.67. The molecule has 0 aliphatic carbocycles. The molecule has 1 N–H and O–H groups in total. The van der Waals surface area contributed by atoms with Crippen molar-refractivity contribution in [2.24, 2.45) is 5.92 Å². The van der Waals surface area contributed by atoms with Crippen LogP contribution in [-0.2, 0) is 9.53 Å². The minimum Gasteiger partial charge on any atom is -0.481 e. The van der Waals surface area contributed by atoms with Gasteiger partial charge in [0.2, 0.25) is 0 Å². The maximum Gasteiger partial charge on any atom is 0.303 e. The molecular weight excluding hydrogens is 192 g/mol. The third kappa shape index (κ3) is 11.4. The van der Waals surface area contributed by atoms with Crippen LogP contribution in [0.4, 0.5) is 0 Å². The number of carboxylic acids is 1. The van der Waals surface area contributed by atoms with Gasteiger partial charge in [-0.3, -0.25) is 4.79 Å². The van der Waals surface area contributed by atoms with Gasteiger partial charge in [0.25, 0.3) is 0 Å². The minimum absolute atomic E-state index is 0.0687. The predicted molar refractivity (Wildman–Crippen MR) is 61.0 cm³/mol. The molecule has 0 saturated heterocycles. The van der Waals surface area contributed by atoms with E-state index in [1.807, 2.05) is 20.8 Å². The van der Waals surface area contributed by atoms with Gasteiger partial charge in [-0.25, -0.2) is 0 Å². The van der Waals surface area contributed by atoms with Gasteiger partial charge in [-0.2, -0.15) is 0 Å². The predicted octanol–water partition coefficient (Wildman–Crippen LogP) is 3.08. The van der Waals surface area contributed by atoms with Crippen LogP contribution in [0.25, 0.3) is 0 Å². The Hall–Kier alpha value is -0.570. The van der Waals surface area contributed by atoms with Crippen LogP contribution in [0.5, 0.6) is 0 Å². The summed E-state index contributed by atoms with van der Waals surface area (Å²) in [6.07, 6.45) is 3.03. The van der Waals surface area contributed by atoms with Crippen molar-refractivity contribution in [2.45, 2.75) is 59.0 Å². The number of aliphatic carboxylic acids is 1. The van der Waals surface area contributed by atoms with Crippen LogP contribution in [-0.4, -0.2) is 23.3 Å². The van der Waals surface area contributed by atoms with E-state index in [2.05, 4.69) is 6.92 Å². The fourth-order valence-electron chi connectivity index (χ4n) is 1.31. The molecule has 90 valence electrons. The lowest BCUT2D eigenvalue weighted by molar-refractivity contribution is -0.137. The van der Waals surface area contributed by atoms with Gasteiger partial charge in [0.15, 0.2) is 0 Å². The summed E-state index contributed by atoms with van der Waals surface area (Å²) >= 11 is 0. The van der Waals surface area contributed by atoms with Crippen molar-refractivity contribution in [3.63, 3.8) is 0 Å². The van der Waals surface area contributed by atoms with E-state index < -0.39 is 5.97 Å². The molecule has 0 aromatic heterocycles. The first-order valence-electron chi connectivity index (χ1n) is 5.67. The van der Waals surface area contributed by atoms with Gasteiger partial charge in [-0.15, -0.1) is 0 Å². The summed E-state index contributed by atoms with van der Waals surface area (Å²) in [4.78, 5) is 10.3. The summed E-state index contributed by atoms with van der Waals surface area (Å²) in [6, 6.07) is 0. The molecule has 3 nitrogen and oxygen atoms in total. The summed E-state index contributed by atoms with van der Waals surface area (Å²) in [5.41, 5.74) is -0.0687. The number of carboxylic acid groups (broad SMARTS) is 1. The van der Waals surface area contributed by atoms with Crippen LogP contribution in [0.1, 0.15) is 53.4 Å². The molecular formula is C12H24O3. The third-order valence-electron chi connectivity index (χ3n) is 2.23. The van der Waals surface area contributed by atoms with Crippen molar-refractivity contribution in [2.75, 3.05) is 6.61 Å². The maximum absolute atomic E-state index is 10.3. The minimum atomic E-state index is -0.701. The van der Waals surface area contributed by atoms with Gasteiger partial charge in [-0.05, 0) is 39.5 Å². The lowest BCUT2D eigenvalue weighted by Crippen LogP contribution is -2.20. The Labute approximate surface area is 92.8 Å². The molecule has 1 unspecified atom stereocenters. The Morgan fingerprint density at radius 3 is 2.40 bits per heavy atom. The normalized spacial score (nSPS) is 13.9. The Morgan fingerprint density at radius 2 is 1.93 bits per heavy atom. The molecule has 0 amide bonds. The van der Waals surface area contributed by atoms with E-state index >= 15 is 0 Å². The lowest BCUT2D eigenvalue weighted by Gasteiger charge is -2.20. The van der Waals surface area contributed by atoms with Gasteiger partial charge >= 0.3 is 5.97 Å². The first-order chi connectivity index (χ1) is 6.81. The molecule has 0 fully saturated rings. The molecule has 0 spiro atoms. The Morgan fingerprint density at radius 1 is 1.33 bits per heavy atom. The highest BCUT2D eigenvalue weighted by molar-refractivity contribution is 5.66. The van der Waals surface area contributed by atoms with E-state index in [1.54, 1.807) is 0 Å². The molecule has 1 atom stereocenters. The number of hydrogen-bond acceptors (Lipinski definition) is 2. The van der Waals surface area contributed by atoms with Crippen molar-refractivity contribution in [3.05, 3.63) is 0 Å².